The fourth-order valence-electron chi connectivity index (χ4n) is 5.16. The first-order valence-electron chi connectivity index (χ1n) is 13.6. The van der Waals surface area contributed by atoms with Crippen molar-refractivity contribution < 1.29 is 17.9 Å². The van der Waals surface area contributed by atoms with Gasteiger partial charge < -0.3 is 10.1 Å². The van der Waals surface area contributed by atoms with E-state index in [1.165, 1.54) is 16.9 Å². The van der Waals surface area contributed by atoms with Gasteiger partial charge in [0.2, 0.25) is 10.0 Å². The molecule has 1 aliphatic rings. The van der Waals surface area contributed by atoms with Crippen LogP contribution in [0.3, 0.4) is 0 Å². The molecule has 3 aromatic rings. The average Bonchev–Trinajstić information content (AvgIpc) is 3.44. The Balaban J connectivity index is 1.53. The van der Waals surface area contributed by atoms with Crippen LogP contribution in [-0.2, 0) is 21.2 Å². The zero-order chi connectivity index (χ0) is 27.8. The van der Waals surface area contributed by atoms with Crippen LogP contribution in [0.25, 0.3) is 0 Å². The normalized spacial score (nSPS) is 17.5. The van der Waals surface area contributed by atoms with Crippen LogP contribution < -0.4 is 9.62 Å². The van der Waals surface area contributed by atoms with Crippen LogP contribution in [-0.4, -0.2) is 57.4 Å². The van der Waals surface area contributed by atoms with Gasteiger partial charge in [0.05, 0.1) is 23.6 Å². The molecule has 0 aromatic heterocycles. The molecule has 4 rings (SSSR count). The molecule has 0 spiro atoms. The molecular weight excluding hydrogens is 510 g/mol. The van der Waals surface area contributed by atoms with Gasteiger partial charge in [-0.1, -0.05) is 80.6 Å². The zero-order valence-corrected chi connectivity index (χ0v) is 23.8. The van der Waals surface area contributed by atoms with Gasteiger partial charge in [0.25, 0.3) is 5.91 Å². The number of rotatable bonds is 12. The quantitative estimate of drug-likeness (QED) is 0.344. The maximum atomic E-state index is 13.5. The van der Waals surface area contributed by atoms with E-state index < -0.39 is 10.0 Å². The van der Waals surface area contributed by atoms with Gasteiger partial charge in [-0.15, -0.1) is 0 Å². The van der Waals surface area contributed by atoms with Gasteiger partial charge >= 0.3 is 0 Å². The van der Waals surface area contributed by atoms with Gasteiger partial charge in [0.1, 0.15) is 6.73 Å². The first kappa shape index (κ1) is 28.8. The Morgan fingerprint density at radius 2 is 1.72 bits per heavy atom. The Morgan fingerprint density at radius 3 is 2.38 bits per heavy atom. The van der Waals surface area contributed by atoms with Gasteiger partial charge in [-0.2, -0.15) is 0 Å². The summed E-state index contributed by atoms with van der Waals surface area (Å²) in [5.41, 5.74) is 3.24. The molecule has 8 heteroatoms. The number of anilines is 1. The number of nitrogens with zero attached hydrogens (tertiary/aromatic N) is 2. The largest absolute Gasteiger partial charge is 0.359 e. The summed E-state index contributed by atoms with van der Waals surface area (Å²) < 4.78 is 32.7. The number of sulfonamides is 1. The number of benzene rings is 3. The molecule has 3 aromatic carbocycles. The Hall–Kier alpha value is -3.20. The molecule has 0 aliphatic carbocycles. The van der Waals surface area contributed by atoms with E-state index in [9.17, 15) is 13.2 Å². The van der Waals surface area contributed by atoms with Gasteiger partial charge in [-0.25, -0.2) is 8.42 Å². The second kappa shape index (κ2) is 13.2. The van der Waals surface area contributed by atoms with Crippen molar-refractivity contribution in [1.82, 2.24) is 10.2 Å². The molecule has 1 heterocycles. The third kappa shape index (κ3) is 7.26. The molecule has 7 nitrogen and oxygen atoms in total. The zero-order valence-electron chi connectivity index (χ0n) is 23.0. The number of carbonyl (C=O) groups excluding carboxylic acids is 1. The number of nitrogens with one attached hydrogen (secondary N) is 1. The minimum Gasteiger partial charge on any atom is -0.359 e. The van der Waals surface area contributed by atoms with Crippen LogP contribution in [0, 0.1) is 0 Å². The molecule has 1 saturated heterocycles. The van der Waals surface area contributed by atoms with Crippen molar-refractivity contribution >= 4 is 21.6 Å². The number of ether oxygens (including phenoxy) is 1. The summed E-state index contributed by atoms with van der Waals surface area (Å²) in [5, 5.41) is 3.21. The second-order valence-electron chi connectivity index (χ2n) is 10.0. The Kier molecular flexibility index (Phi) is 9.78. The number of amides is 1. The van der Waals surface area contributed by atoms with Gasteiger partial charge in [-0.3, -0.25) is 14.0 Å². The number of hydrogen-bond donors (Lipinski definition) is 1. The lowest BCUT2D eigenvalue weighted by atomic mass is 9.99. The van der Waals surface area contributed by atoms with Crippen LogP contribution in [0.4, 0.5) is 5.69 Å². The smallest absolute Gasteiger partial charge is 0.251 e. The van der Waals surface area contributed by atoms with Gasteiger partial charge in [-0.05, 0) is 48.6 Å². The van der Waals surface area contributed by atoms with Crippen LogP contribution in [0.1, 0.15) is 54.2 Å². The summed E-state index contributed by atoms with van der Waals surface area (Å²) in [7, 11) is -1.92. The highest BCUT2D eigenvalue weighted by molar-refractivity contribution is 7.92. The van der Waals surface area contributed by atoms with Crippen LogP contribution in [0.2, 0.25) is 0 Å². The molecule has 1 fully saturated rings. The average molecular weight is 550 g/mol. The van der Waals surface area contributed by atoms with Crippen molar-refractivity contribution in [3.63, 3.8) is 0 Å². The predicted molar refractivity (Wildman–Crippen MR) is 156 cm³/mol. The Morgan fingerprint density at radius 1 is 1.03 bits per heavy atom. The standard InChI is InChI=1S/C31H39N3O4S/c1-4-19-39(36,37)33(3)27-18-12-17-26(21-27)31(35)32-28(20-24-13-8-6-9-14-24)30-22-34(23-38-30)29(5-2)25-15-10-7-11-16-25/h6-18,21,28-30H,4-5,19-20,22-23H2,1-3H3,(H,32,35)/t28-,29+,30+/m0/s1. The molecule has 1 amide bonds. The third-order valence-electron chi connectivity index (χ3n) is 7.30. The van der Waals surface area contributed by atoms with Crippen LogP contribution >= 0.6 is 0 Å². The predicted octanol–water partition coefficient (Wildman–Crippen LogP) is 5.01. The first-order valence-corrected chi connectivity index (χ1v) is 15.2. The molecule has 39 heavy (non-hydrogen) atoms. The molecule has 1 aliphatic heterocycles. The van der Waals surface area contributed by atoms with E-state index in [-0.39, 0.29) is 29.8 Å². The maximum absolute atomic E-state index is 13.5. The lowest BCUT2D eigenvalue weighted by Crippen LogP contribution is -2.46. The van der Waals surface area contributed by atoms with E-state index in [0.717, 1.165) is 12.0 Å². The number of carbonyl (C=O) groups is 1. The Labute approximate surface area is 232 Å². The van der Waals surface area contributed by atoms with E-state index in [0.29, 0.717) is 37.4 Å². The van der Waals surface area contributed by atoms with Gasteiger partial charge in [0.15, 0.2) is 0 Å². The van der Waals surface area contributed by atoms with Crippen molar-refractivity contribution in [2.75, 3.05) is 30.4 Å². The minimum atomic E-state index is -3.45. The summed E-state index contributed by atoms with van der Waals surface area (Å²) in [4.78, 5) is 15.8. The van der Waals surface area contributed by atoms with Crippen LogP contribution in [0.5, 0.6) is 0 Å². The summed E-state index contributed by atoms with van der Waals surface area (Å²) in [6.45, 7) is 5.20. The minimum absolute atomic E-state index is 0.0519. The fraction of sp³-hybridized carbons (Fsp3) is 0.387. The van der Waals surface area contributed by atoms with E-state index in [1.807, 2.05) is 31.2 Å². The van der Waals surface area contributed by atoms with E-state index in [1.54, 1.807) is 24.3 Å². The molecule has 1 N–H and O–H groups in total. The monoisotopic (exact) mass is 549 g/mol. The van der Waals surface area contributed by atoms with Crippen molar-refractivity contribution in [2.24, 2.45) is 0 Å². The topological polar surface area (TPSA) is 79.0 Å². The van der Waals surface area contributed by atoms with Crippen molar-refractivity contribution in [2.45, 2.75) is 51.3 Å². The summed E-state index contributed by atoms with van der Waals surface area (Å²) >= 11 is 0. The lowest BCUT2D eigenvalue weighted by Gasteiger charge is -2.27. The summed E-state index contributed by atoms with van der Waals surface area (Å²) in [6, 6.07) is 27.3. The highest BCUT2D eigenvalue weighted by Crippen LogP contribution is 2.29. The van der Waals surface area contributed by atoms with Crippen LogP contribution in [0.15, 0.2) is 84.9 Å². The highest BCUT2D eigenvalue weighted by Gasteiger charge is 2.35. The lowest BCUT2D eigenvalue weighted by molar-refractivity contribution is 0.0543. The van der Waals surface area contributed by atoms with E-state index in [4.69, 9.17) is 4.74 Å². The number of hydrogen-bond acceptors (Lipinski definition) is 5. The maximum Gasteiger partial charge on any atom is 0.251 e. The molecule has 0 bridgehead atoms. The van der Waals surface area contributed by atoms with E-state index >= 15 is 0 Å². The SMILES string of the molecule is CCCS(=O)(=O)N(C)c1cccc(C(=O)N[C@@H](Cc2ccccc2)[C@H]2CN([C@H](CC)c3ccccc3)CO2)c1. The summed E-state index contributed by atoms with van der Waals surface area (Å²) in [6.07, 6.45) is 1.91. The summed E-state index contributed by atoms with van der Waals surface area (Å²) in [5.74, 6) is -0.202. The molecule has 0 saturated carbocycles. The molecular formula is C31H39N3O4S. The van der Waals surface area contributed by atoms with Crippen molar-refractivity contribution in [3.05, 3.63) is 102 Å². The molecule has 3 atom stereocenters. The van der Waals surface area contributed by atoms with Crippen molar-refractivity contribution in [1.29, 1.82) is 0 Å². The molecule has 208 valence electrons. The highest BCUT2D eigenvalue weighted by atomic mass is 32.2. The van der Waals surface area contributed by atoms with Crippen molar-refractivity contribution in [3.8, 4) is 0 Å². The van der Waals surface area contributed by atoms with E-state index in [2.05, 4.69) is 53.5 Å². The molecule has 0 unspecified atom stereocenters. The first-order chi connectivity index (χ1) is 18.8. The Bertz CT molecular complexity index is 1320. The molecule has 0 radical (unpaired) electrons. The van der Waals surface area contributed by atoms with Gasteiger partial charge in [0, 0.05) is 25.2 Å². The third-order valence-corrected chi connectivity index (χ3v) is 9.27. The fourth-order valence-corrected chi connectivity index (χ4v) is 6.39. The second-order valence-corrected chi connectivity index (χ2v) is 12.2.